The Bertz CT molecular complexity index is 637. The molecule has 130 valence electrons. The lowest BCUT2D eigenvalue weighted by atomic mass is 9.87. The van der Waals surface area contributed by atoms with Gasteiger partial charge in [0.25, 0.3) is 0 Å². The fourth-order valence-corrected chi connectivity index (χ4v) is 3.97. The van der Waals surface area contributed by atoms with Crippen LogP contribution in [0.15, 0.2) is 18.2 Å². The number of methoxy groups -OCH3 is 2. The quantitative estimate of drug-likeness (QED) is 0.903. The van der Waals surface area contributed by atoms with E-state index in [1.807, 2.05) is 11.0 Å². The summed E-state index contributed by atoms with van der Waals surface area (Å²) in [6, 6.07) is 6.47. The Kier molecular flexibility index (Phi) is 3.91. The number of urea groups is 1. The van der Waals surface area contributed by atoms with E-state index in [9.17, 15) is 4.79 Å². The van der Waals surface area contributed by atoms with E-state index >= 15 is 0 Å². The molecule has 2 saturated carbocycles. The topological polar surface area (TPSA) is 50.8 Å². The summed E-state index contributed by atoms with van der Waals surface area (Å²) in [7, 11) is 3.41. The molecule has 2 amide bonds. The van der Waals surface area contributed by atoms with E-state index in [2.05, 4.69) is 17.4 Å². The summed E-state index contributed by atoms with van der Waals surface area (Å²) in [4.78, 5) is 14.8. The minimum Gasteiger partial charge on any atom is -0.497 e. The van der Waals surface area contributed by atoms with Crippen molar-refractivity contribution in [1.29, 1.82) is 0 Å². The molecule has 1 aromatic rings. The molecule has 0 saturated heterocycles. The van der Waals surface area contributed by atoms with E-state index in [1.165, 1.54) is 24.0 Å². The predicted octanol–water partition coefficient (Wildman–Crippen LogP) is 2.68. The maximum atomic E-state index is 12.8. The van der Waals surface area contributed by atoms with Crippen LogP contribution in [0, 0.1) is 5.92 Å². The van der Waals surface area contributed by atoms with Crippen molar-refractivity contribution >= 4 is 6.03 Å². The van der Waals surface area contributed by atoms with Crippen LogP contribution in [0.1, 0.15) is 36.8 Å². The Morgan fingerprint density at radius 1 is 1.38 bits per heavy atom. The highest BCUT2D eigenvalue weighted by Gasteiger charge is 2.50. The van der Waals surface area contributed by atoms with Crippen molar-refractivity contribution in [1.82, 2.24) is 10.2 Å². The van der Waals surface area contributed by atoms with Crippen LogP contribution < -0.4 is 10.1 Å². The minimum absolute atomic E-state index is 0.0525. The van der Waals surface area contributed by atoms with E-state index in [1.54, 1.807) is 14.2 Å². The first kappa shape index (κ1) is 15.8. The molecule has 4 rings (SSSR count). The van der Waals surface area contributed by atoms with Crippen molar-refractivity contribution < 1.29 is 14.3 Å². The monoisotopic (exact) mass is 330 g/mol. The summed E-state index contributed by atoms with van der Waals surface area (Å²) in [6.45, 7) is 2.09. The van der Waals surface area contributed by atoms with Crippen LogP contribution in [0.5, 0.6) is 5.75 Å². The normalized spacial score (nSPS) is 22.0. The van der Waals surface area contributed by atoms with Crippen LogP contribution in [-0.4, -0.2) is 44.3 Å². The first-order valence-electron chi connectivity index (χ1n) is 8.87. The highest BCUT2D eigenvalue weighted by atomic mass is 16.5. The molecule has 1 N–H and O–H groups in total. The predicted molar refractivity (Wildman–Crippen MR) is 91.2 cm³/mol. The Morgan fingerprint density at radius 3 is 2.79 bits per heavy atom. The van der Waals surface area contributed by atoms with E-state index in [-0.39, 0.29) is 17.5 Å². The van der Waals surface area contributed by atoms with Gasteiger partial charge in [0.15, 0.2) is 0 Å². The van der Waals surface area contributed by atoms with E-state index in [0.29, 0.717) is 19.1 Å². The number of fused-ring (bicyclic) bond motifs is 2. The van der Waals surface area contributed by atoms with Gasteiger partial charge in [0.2, 0.25) is 0 Å². The molecule has 1 aliphatic heterocycles. The molecule has 0 bridgehead atoms. The molecule has 1 spiro atoms. The number of hydrogen-bond acceptors (Lipinski definition) is 3. The molecule has 1 heterocycles. The largest absolute Gasteiger partial charge is 0.497 e. The lowest BCUT2D eigenvalue weighted by molar-refractivity contribution is 0.142. The third-order valence-corrected chi connectivity index (χ3v) is 5.73. The molecule has 3 aliphatic rings. The number of nitrogens with one attached hydrogen (secondary N) is 1. The molecule has 0 radical (unpaired) electrons. The summed E-state index contributed by atoms with van der Waals surface area (Å²) in [5.41, 5.74) is 2.78. The molecule has 5 nitrogen and oxygen atoms in total. The number of carbonyl (C=O) groups excluding carboxylic acids is 1. The van der Waals surface area contributed by atoms with Crippen molar-refractivity contribution in [3.8, 4) is 5.75 Å². The van der Waals surface area contributed by atoms with Gasteiger partial charge in [-0.05, 0) is 54.9 Å². The fraction of sp³-hybridized carbons (Fsp3) is 0.632. The van der Waals surface area contributed by atoms with Gasteiger partial charge in [-0.15, -0.1) is 0 Å². The van der Waals surface area contributed by atoms with Gasteiger partial charge in [-0.3, -0.25) is 0 Å². The van der Waals surface area contributed by atoms with Gasteiger partial charge in [-0.1, -0.05) is 6.07 Å². The lowest BCUT2D eigenvalue weighted by Crippen LogP contribution is -2.50. The molecular formula is C19H26N2O3. The van der Waals surface area contributed by atoms with E-state index in [0.717, 1.165) is 25.1 Å². The Hall–Kier alpha value is -1.75. The van der Waals surface area contributed by atoms with Crippen LogP contribution in [0.25, 0.3) is 0 Å². The number of nitrogens with zero attached hydrogens (tertiary/aromatic N) is 1. The average molecular weight is 330 g/mol. The highest BCUT2D eigenvalue weighted by molar-refractivity contribution is 5.75. The fourth-order valence-electron chi connectivity index (χ4n) is 3.97. The molecule has 2 fully saturated rings. The minimum atomic E-state index is 0.0525. The smallest absolute Gasteiger partial charge is 0.318 e. The molecule has 1 unspecified atom stereocenters. The van der Waals surface area contributed by atoms with Crippen molar-refractivity contribution in [3.63, 3.8) is 0 Å². The van der Waals surface area contributed by atoms with Gasteiger partial charge < -0.3 is 19.7 Å². The Balaban J connectivity index is 1.50. The zero-order valence-corrected chi connectivity index (χ0v) is 14.5. The first-order valence-corrected chi connectivity index (χ1v) is 8.87. The maximum absolute atomic E-state index is 12.8. The van der Waals surface area contributed by atoms with Gasteiger partial charge in [0.05, 0.1) is 19.8 Å². The highest BCUT2D eigenvalue weighted by Crippen LogP contribution is 2.53. The van der Waals surface area contributed by atoms with Gasteiger partial charge >= 0.3 is 6.03 Å². The molecule has 24 heavy (non-hydrogen) atoms. The van der Waals surface area contributed by atoms with Crippen LogP contribution in [0.2, 0.25) is 0 Å². The van der Waals surface area contributed by atoms with Crippen LogP contribution in [0.3, 0.4) is 0 Å². The first-order chi connectivity index (χ1) is 11.6. The zero-order chi connectivity index (χ0) is 16.7. The van der Waals surface area contributed by atoms with E-state index in [4.69, 9.17) is 9.47 Å². The van der Waals surface area contributed by atoms with Gasteiger partial charge in [0.1, 0.15) is 5.75 Å². The van der Waals surface area contributed by atoms with Crippen molar-refractivity contribution in [2.24, 2.45) is 5.92 Å². The SMILES string of the molecule is COCC(NC(=O)N1Cc2ccc(OC)cc2C2(CC2)C1)C1CC1. The standard InChI is InChI=1S/C19H26N2O3/c1-23-11-17(13-3-4-13)20-18(22)21-10-14-5-6-15(24-2)9-16(14)19(12-21)7-8-19/h5-6,9,13,17H,3-4,7-8,10-12H2,1-2H3,(H,20,22). The maximum Gasteiger partial charge on any atom is 0.318 e. The number of amides is 2. The Morgan fingerprint density at radius 2 is 2.17 bits per heavy atom. The molecular weight excluding hydrogens is 304 g/mol. The molecule has 2 aliphatic carbocycles. The van der Waals surface area contributed by atoms with Crippen molar-refractivity contribution in [2.75, 3.05) is 27.4 Å². The number of carbonyl (C=O) groups is 1. The molecule has 5 heteroatoms. The van der Waals surface area contributed by atoms with Crippen molar-refractivity contribution in [2.45, 2.75) is 43.7 Å². The van der Waals surface area contributed by atoms with Crippen molar-refractivity contribution in [3.05, 3.63) is 29.3 Å². The van der Waals surface area contributed by atoms with Crippen LogP contribution >= 0.6 is 0 Å². The summed E-state index contributed by atoms with van der Waals surface area (Å²) in [5, 5.41) is 3.21. The number of rotatable bonds is 5. The summed E-state index contributed by atoms with van der Waals surface area (Å²) >= 11 is 0. The third-order valence-electron chi connectivity index (χ3n) is 5.73. The second-order valence-electron chi connectivity index (χ2n) is 7.51. The summed E-state index contributed by atoms with van der Waals surface area (Å²) < 4.78 is 10.7. The number of hydrogen-bond donors (Lipinski definition) is 1. The van der Waals surface area contributed by atoms with Gasteiger partial charge in [-0.2, -0.15) is 0 Å². The molecule has 1 aromatic carbocycles. The molecule has 1 atom stereocenters. The van der Waals surface area contributed by atoms with Crippen LogP contribution in [0.4, 0.5) is 4.79 Å². The van der Waals surface area contributed by atoms with Crippen LogP contribution in [-0.2, 0) is 16.7 Å². The average Bonchev–Trinajstić information content (AvgIpc) is 3.49. The second-order valence-corrected chi connectivity index (χ2v) is 7.51. The van der Waals surface area contributed by atoms with Gasteiger partial charge in [-0.25, -0.2) is 4.79 Å². The third kappa shape index (κ3) is 2.86. The Labute approximate surface area is 143 Å². The zero-order valence-electron chi connectivity index (χ0n) is 14.5. The van der Waals surface area contributed by atoms with E-state index < -0.39 is 0 Å². The van der Waals surface area contributed by atoms with Gasteiger partial charge in [0, 0.05) is 25.6 Å². The lowest BCUT2D eigenvalue weighted by Gasteiger charge is -2.36. The summed E-state index contributed by atoms with van der Waals surface area (Å²) in [5.74, 6) is 1.50. The molecule has 0 aromatic heterocycles. The number of benzene rings is 1. The second kappa shape index (κ2) is 5.96. The number of ether oxygens (including phenoxy) is 2. The summed E-state index contributed by atoms with van der Waals surface area (Å²) in [6.07, 6.45) is 4.70.